The molecule has 0 aliphatic carbocycles. The summed E-state index contributed by atoms with van der Waals surface area (Å²) >= 11 is 12.4. The van der Waals surface area contributed by atoms with Crippen molar-refractivity contribution in [3.05, 3.63) is 65.5 Å². The third-order valence-electron chi connectivity index (χ3n) is 3.35. The monoisotopic (exact) mass is 316 g/mol. The van der Waals surface area contributed by atoms with Crippen LogP contribution in [0.3, 0.4) is 0 Å². The first-order valence-electron chi connectivity index (χ1n) is 6.15. The zero-order valence-corrected chi connectivity index (χ0v) is 13.2. The van der Waals surface area contributed by atoms with Gasteiger partial charge in [-0.25, -0.2) is 0 Å². The average Bonchev–Trinajstić information content (AvgIpc) is 2.75. The normalized spacial score (nSPS) is 21.9. The van der Waals surface area contributed by atoms with E-state index in [0.29, 0.717) is 4.32 Å². The minimum absolute atomic E-state index is 0.536. The highest BCUT2D eigenvalue weighted by Gasteiger charge is 2.45. The molecule has 1 aromatic heterocycles. The van der Waals surface area contributed by atoms with E-state index in [1.807, 2.05) is 18.2 Å². The summed E-state index contributed by atoms with van der Waals surface area (Å²) in [5.74, 6) is 0. The maximum absolute atomic E-state index is 5.63. The molecule has 1 N–H and O–H groups in total. The van der Waals surface area contributed by atoms with Crippen LogP contribution in [0.15, 0.2) is 48.8 Å². The summed E-state index contributed by atoms with van der Waals surface area (Å²) in [6.45, 7) is 2.08. The maximum atomic E-state index is 5.63. The van der Waals surface area contributed by atoms with E-state index in [-0.39, 0.29) is 0 Å². The molecule has 1 fully saturated rings. The van der Waals surface area contributed by atoms with E-state index in [0.717, 1.165) is 15.3 Å². The number of hydrogen-bond acceptors (Lipinski definition) is 4. The Bertz CT molecular complexity index is 685. The van der Waals surface area contributed by atoms with Gasteiger partial charge >= 0.3 is 0 Å². The van der Waals surface area contributed by atoms with E-state index >= 15 is 0 Å². The number of thiocarbonyl (C=S) groups is 2. The van der Waals surface area contributed by atoms with Crippen molar-refractivity contribution in [3.8, 4) is 0 Å². The van der Waals surface area contributed by atoms with Crippen LogP contribution in [0.25, 0.3) is 0 Å². The van der Waals surface area contributed by atoms with E-state index in [1.165, 1.54) is 17.3 Å². The molecule has 100 valence electrons. The maximum Gasteiger partial charge on any atom is 0.140 e. The second-order valence-electron chi connectivity index (χ2n) is 4.66. The Morgan fingerprint density at radius 1 is 1.10 bits per heavy atom. The summed E-state index contributed by atoms with van der Waals surface area (Å²) in [5, 5.41) is 3.40. The van der Waals surface area contributed by atoms with Gasteiger partial charge in [0.2, 0.25) is 0 Å². The Morgan fingerprint density at radius 3 is 2.45 bits per heavy atom. The highest BCUT2D eigenvalue weighted by Crippen LogP contribution is 2.41. The molecule has 0 spiro atoms. The summed E-state index contributed by atoms with van der Waals surface area (Å²) < 4.78 is 1.55. The topological polar surface area (TPSA) is 24.9 Å². The van der Waals surface area contributed by atoms with E-state index in [1.54, 1.807) is 12.4 Å². The smallest absolute Gasteiger partial charge is 0.140 e. The number of rotatable bonds is 2. The fourth-order valence-corrected chi connectivity index (χ4v) is 4.33. The molecule has 2 heterocycles. The van der Waals surface area contributed by atoms with Crippen LogP contribution in [0, 0.1) is 6.92 Å². The van der Waals surface area contributed by atoms with Crippen molar-refractivity contribution in [2.45, 2.75) is 12.5 Å². The van der Waals surface area contributed by atoms with Gasteiger partial charge in [-0.2, -0.15) is 0 Å². The molecular formula is C15H12N2S3. The van der Waals surface area contributed by atoms with E-state index in [2.05, 4.69) is 35.4 Å². The predicted molar refractivity (Wildman–Crippen MR) is 92.1 cm³/mol. The molecule has 1 aliphatic heterocycles. The van der Waals surface area contributed by atoms with Gasteiger partial charge in [0.15, 0.2) is 0 Å². The summed E-state index contributed by atoms with van der Waals surface area (Å²) in [6, 6.07) is 12.3. The van der Waals surface area contributed by atoms with Crippen LogP contribution < -0.4 is 5.32 Å². The lowest BCUT2D eigenvalue weighted by atomic mass is 9.84. The van der Waals surface area contributed by atoms with Gasteiger partial charge in [-0.05, 0) is 30.2 Å². The number of thioether (sulfide) groups is 1. The van der Waals surface area contributed by atoms with Crippen LogP contribution in [0.2, 0.25) is 0 Å². The first-order valence-corrected chi connectivity index (χ1v) is 7.78. The van der Waals surface area contributed by atoms with Gasteiger partial charge in [-0.3, -0.25) is 4.98 Å². The molecule has 1 unspecified atom stereocenters. The average molecular weight is 316 g/mol. The minimum atomic E-state index is -0.536. The first-order chi connectivity index (χ1) is 9.63. The molecule has 3 rings (SSSR count). The molecule has 5 heteroatoms. The summed E-state index contributed by atoms with van der Waals surface area (Å²) in [5.41, 5.74) is 2.84. The number of pyridine rings is 1. The van der Waals surface area contributed by atoms with Crippen LogP contribution in [0.1, 0.15) is 16.7 Å². The van der Waals surface area contributed by atoms with Gasteiger partial charge in [0.1, 0.15) is 9.86 Å². The van der Waals surface area contributed by atoms with Crippen LogP contribution >= 0.6 is 36.2 Å². The van der Waals surface area contributed by atoms with Crippen LogP contribution in [0.4, 0.5) is 0 Å². The molecule has 0 amide bonds. The van der Waals surface area contributed by atoms with Gasteiger partial charge in [-0.15, -0.1) is 0 Å². The van der Waals surface area contributed by atoms with Crippen molar-refractivity contribution in [2.24, 2.45) is 0 Å². The highest BCUT2D eigenvalue weighted by molar-refractivity contribution is 8.38. The predicted octanol–water partition coefficient (Wildman–Crippen LogP) is 3.58. The zero-order chi connectivity index (χ0) is 14.2. The summed E-state index contributed by atoms with van der Waals surface area (Å²) in [4.78, 5) is 4.09. The zero-order valence-electron chi connectivity index (χ0n) is 10.8. The quantitative estimate of drug-likeness (QED) is 0.854. The Kier molecular flexibility index (Phi) is 3.58. The molecule has 20 heavy (non-hydrogen) atoms. The summed E-state index contributed by atoms with van der Waals surface area (Å²) in [6.07, 6.45) is 3.56. The van der Waals surface area contributed by atoms with E-state index < -0.39 is 5.54 Å². The van der Waals surface area contributed by atoms with Gasteiger partial charge in [0.25, 0.3) is 0 Å². The van der Waals surface area contributed by atoms with Crippen molar-refractivity contribution < 1.29 is 0 Å². The SMILES string of the molecule is Cc1cccc(C2(c3ccncc3)NC(=S)SC2=S)c1. The minimum Gasteiger partial charge on any atom is -0.352 e. The Labute approximate surface area is 133 Å². The van der Waals surface area contributed by atoms with Crippen molar-refractivity contribution >= 4 is 44.7 Å². The highest BCUT2D eigenvalue weighted by atomic mass is 32.2. The molecular weight excluding hydrogens is 304 g/mol. The van der Waals surface area contributed by atoms with Gasteiger partial charge in [-0.1, -0.05) is 66.0 Å². The lowest BCUT2D eigenvalue weighted by Crippen LogP contribution is -2.43. The number of hydrogen-bond donors (Lipinski definition) is 1. The molecule has 1 aromatic carbocycles. The van der Waals surface area contributed by atoms with Gasteiger partial charge in [0, 0.05) is 12.4 Å². The third kappa shape index (κ3) is 2.16. The molecule has 1 saturated heterocycles. The molecule has 1 aliphatic rings. The van der Waals surface area contributed by atoms with Crippen molar-refractivity contribution in [1.82, 2.24) is 10.3 Å². The number of nitrogens with one attached hydrogen (secondary N) is 1. The lowest BCUT2D eigenvalue weighted by Gasteiger charge is -2.30. The number of aromatic nitrogens is 1. The Balaban J connectivity index is 2.24. The Hall–Kier alpha value is -1.30. The third-order valence-corrected chi connectivity index (χ3v) is 5.03. The molecule has 0 radical (unpaired) electrons. The largest absolute Gasteiger partial charge is 0.352 e. The second kappa shape index (κ2) is 5.24. The standard InChI is InChI=1S/C15H12N2S3/c1-10-3-2-4-12(9-10)15(11-5-7-16-8-6-11)13(18)20-14(19)17-15/h2-9H,1H3,(H,17,19). The lowest BCUT2D eigenvalue weighted by molar-refractivity contribution is 0.671. The fourth-order valence-electron chi connectivity index (χ4n) is 2.42. The Morgan fingerprint density at radius 2 is 1.85 bits per heavy atom. The number of benzene rings is 1. The van der Waals surface area contributed by atoms with E-state index in [4.69, 9.17) is 24.4 Å². The van der Waals surface area contributed by atoms with Crippen molar-refractivity contribution in [1.29, 1.82) is 0 Å². The van der Waals surface area contributed by atoms with Gasteiger partial charge < -0.3 is 5.32 Å². The fraction of sp³-hybridized carbons (Fsp3) is 0.133. The summed E-state index contributed by atoms with van der Waals surface area (Å²) in [7, 11) is 0. The first kappa shape index (κ1) is 13.7. The molecule has 0 saturated carbocycles. The van der Waals surface area contributed by atoms with E-state index in [9.17, 15) is 0 Å². The van der Waals surface area contributed by atoms with Crippen LogP contribution in [0.5, 0.6) is 0 Å². The number of nitrogens with zero attached hydrogens (tertiary/aromatic N) is 1. The van der Waals surface area contributed by atoms with Crippen molar-refractivity contribution in [3.63, 3.8) is 0 Å². The number of aryl methyl sites for hydroxylation is 1. The molecule has 2 aromatic rings. The second-order valence-corrected chi connectivity index (χ2v) is 7.01. The van der Waals surface area contributed by atoms with Crippen molar-refractivity contribution in [2.75, 3.05) is 0 Å². The molecule has 0 bridgehead atoms. The van der Waals surface area contributed by atoms with Gasteiger partial charge in [0.05, 0.1) is 4.20 Å². The molecule has 1 atom stereocenters. The molecule has 2 nitrogen and oxygen atoms in total. The van der Waals surface area contributed by atoms with Crippen LogP contribution in [-0.4, -0.2) is 13.5 Å². The van der Waals surface area contributed by atoms with Crippen LogP contribution in [-0.2, 0) is 5.54 Å².